The van der Waals surface area contributed by atoms with Crippen LogP contribution in [0.1, 0.15) is 21.9 Å². The van der Waals surface area contributed by atoms with E-state index in [9.17, 15) is 4.79 Å². The molecule has 2 aromatic heterocycles. The number of rotatable bonds is 7. The highest BCUT2D eigenvalue weighted by atomic mass is 35.5. The van der Waals surface area contributed by atoms with Crippen LogP contribution in [0, 0.1) is 0 Å². The highest BCUT2D eigenvalue weighted by Crippen LogP contribution is 2.32. The average molecular weight is 477 g/mol. The van der Waals surface area contributed by atoms with E-state index in [-0.39, 0.29) is 12.4 Å². The Morgan fingerprint density at radius 3 is 2.68 bits per heavy atom. The lowest BCUT2D eigenvalue weighted by Crippen LogP contribution is -2.10. The van der Waals surface area contributed by atoms with E-state index in [2.05, 4.69) is 10.4 Å². The molecule has 0 bridgehead atoms. The van der Waals surface area contributed by atoms with Crippen LogP contribution in [0.15, 0.2) is 71.4 Å². The van der Waals surface area contributed by atoms with E-state index in [4.69, 9.17) is 44.0 Å². The maximum Gasteiger partial charge on any atom is 0.291 e. The number of carbonyl (C=O) groups is 1. The van der Waals surface area contributed by atoms with Gasteiger partial charge in [-0.25, -0.2) is 0 Å². The summed E-state index contributed by atoms with van der Waals surface area (Å²) < 4.78 is 12.9. The summed E-state index contributed by atoms with van der Waals surface area (Å²) in [5.74, 6) is 0.650. The van der Waals surface area contributed by atoms with Crippen LogP contribution in [0.25, 0.3) is 0 Å². The second-order valence-electron chi connectivity index (χ2n) is 6.58. The molecule has 0 unspecified atom stereocenters. The Morgan fingerprint density at radius 1 is 1.03 bits per heavy atom. The molecule has 2 heterocycles. The fourth-order valence-corrected chi connectivity index (χ4v) is 3.37. The number of carbonyl (C=O) groups excluding carboxylic acids is 1. The Hall–Kier alpha value is -2.93. The smallest absolute Gasteiger partial charge is 0.291 e. The summed E-state index contributed by atoms with van der Waals surface area (Å²) in [6, 6.07) is 15.9. The molecule has 0 aliphatic carbocycles. The molecule has 0 aliphatic rings. The molecule has 0 atom stereocenters. The van der Waals surface area contributed by atoms with Gasteiger partial charge in [0.15, 0.2) is 5.76 Å². The topological polar surface area (TPSA) is 69.3 Å². The first-order chi connectivity index (χ1) is 15.0. The van der Waals surface area contributed by atoms with Crippen LogP contribution in [0.2, 0.25) is 15.1 Å². The number of hydrogen-bond acceptors (Lipinski definition) is 4. The molecule has 0 radical (unpaired) electrons. The third kappa shape index (κ3) is 5.22. The van der Waals surface area contributed by atoms with Crippen LogP contribution < -0.4 is 10.1 Å². The van der Waals surface area contributed by atoms with Crippen LogP contribution in [0.4, 0.5) is 5.69 Å². The SMILES string of the molecule is O=C(Nc1cnn(Cc2ccccc2Cl)c1)c1ccc(COc2cccc(Cl)c2Cl)o1. The van der Waals surface area contributed by atoms with Gasteiger partial charge in [0.1, 0.15) is 23.1 Å². The monoisotopic (exact) mass is 475 g/mol. The van der Waals surface area contributed by atoms with E-state index >= 15 is 0 Å². The van der Waals surface area contributed by atoms with Crippen LogP contribution in [0.3, 0.4) is 0 Å². The minimum absolute atomic E-state index is 0.100. The summed E-state index contributed by atoms with van der Waals surface area (Å²) in [7, 11) is 0. The Kier molecular flexibility index (Phi) is 6.51. The van der Waals surface area contributed by atoms with Gasteiger partial charge in [-0.05, 0) is 35.9 Å². The number of nitrogens with zero attached hydrogens (tertiary/aromatic N) is 2. The molecular formula is C22H16Cl3N3O3. The van der Waals surface area contributed by atoms with Crippen molar-refractivity contribution in [3.8, 4) is 5.75 Å². The van der Waals surface area contributed by atoms with Gasteiger partial charge >= 0.3 is 0 Å². The molecule has 4 rings (SSSR count). The zero-order valence-electron chi connectivity index (χ0n) is 16.0. The second-order valence-corrected chi connectivity index (χ2v) is 7.77. The predicted octanol–water partition coefficient (Wildman–Crippen LogP) is 6.32. The lowest BCUT2D eigenvalue weighted by Gasteiger charge is -2.07. The molecule has 0 fully saturated rings. The van der Waals surface area contributed by atoms with Gasteiger partial charge in [0, 0.05) is 11.2 Å². The quantitative estimate of drug-likeness (QED) is 0.339. The van der Waals surface area contributed by atoms with Crippen LogP contribution in [-0.4, -0.2) is 15.7 Å². The van der Waals surface area contributed by atoms with Crippen molar-refractivity contribution < 1.29 is 13.9 Å². The lowest BCUT2D eigenvalue weighted by molar-refractivity contribution is 0.0992. The first-order valence-electron chi connectivity index (χ1n) is 9.22. The Labute approximate surface area is 193 Å². The number of nitrogens with one attached hydrogen (secondary N) is 1. The predicted molar refractivity (Wildman–Crippen MR) is 120 cm³/mol. The van der Waals surface area contributed by atoms with Crippen LogP contribution >= 0.6 is 34.8 Å². The lowest BCUT2D eigenvalue weighted by atomic mass is 10.2. The standard InChI is InChI=1S/C22H16Cl3N3O3/c23-17-5-2-1-4-14(17)11-28-12-15(10-26-28)27-22(29)20-9-8-16(31-20)13-30-19-7-3-6-18(24)21(19)25/h1-10,12H,11,13H2,(H,27,29). The van der Waals surface area contributed by atoms with Gasteiger partial charge in [-0.2, -0.15) is 5.10 Å². The molecule has 6 nitrogen and oxygen atoms in total. The molecule has 1 amide bonds. The largest absolute Gasteiger partial charge is 0.484 e. The van der Waals surface area contributed by atoms with Gasteiger partial charge in [-0.3, -0.25) is 9.48 Å². The maximum atomic E-state index is 12.5. The summed E-state index contributed by atoms with van der Waals surface area (Å²) in [5, 5.41) is 8.39. The van der Waals surface area contributed by atoms with Gasteiger partial charge < -0.3 is 14.5 Å². The van der Waals surface area contributed by atoms with E-state index < -0.39 is 5.91 Å². The molecule has 9 heteroatoms. The maximum absolute atomic E-state index is 12.5. The number of benzene rings is 2. The Morgan fingerprint density at radius 2 is 1.84 bits per heavy atom. The minimum Gasteiger partial charge on any atom is -0.484 e. The number of ether oxygens (including phenoxy) is 1. The third-order valence-corrected chi connectivity index (χ3v) is 5.52. The summed E-state index contributed by atoms with van der Waals surface area (Å²) in [6.07, 6.45) is 3.28. The van der Waals surface area contributed by atoms with Crippen molar-refractivity contribution in [2.75, 3.05) is 5.32 Å². The van der Waals surface area contributed by atoms with Crippen LogP contribution in [0.5, 0.6) is 5.75 Å². The minimum atomic E-state index is -0.399. The van der Waals surface area contributed by atoms with E-state index in [0.29, 0.717) is 38.8 Å². The number of halogens is 3. The fraction of sp³-hybridized carbons (Fsp3) is 0.0909. The van der Waals surface area contributed by atoms with Gasteiger partial charge in [-0.15, -0.1) is 0 Å². The Balaban J connectivity index is 1.35. The number of anilines is 1. The van der Waals surface area contributed by atoms with Crippen molar-refractivity contribution in [3.63, 3.8) is 0 Å². The molecule has 0 saturated heterocycles. The van der Waals surface area contributed by atoms with E-state index in [0.717, 1.165) is 5.56 Å². The van der Waals surface area contributed by atoms with Crippen molar-refractivity contribution in [1.82, 2.24) is 9.78 Å². The summed E-state index contributed by atoms with van der Waals surface area (Å²) in [5.41, 5.74) is 1.47. The van der Waals surface area contributed by atoms with Crippen molar-refractivity contribution in [1.29, 1.82) is 0 Å². The van der Waals surface area contributed by atoms with E-state index in [1.165, 1.54) is 0 Å². The number of aromatic nitrogens is 2. The molecule has 31 heavy (non-hydrogen) atoms. The van der Waals surface area contributed by atoms with Crippen LogP contribution in [-0.2, 0) is 13.2 Å². The molecule has 0 saturated carbocycles. The molecule has 1 N–H and O–H groups in total. The third-order valence-electron chi connectivity index (χ3n) is 4.35. The first-order valence-corrected chi connectivity index (χ1v) is 10.4. The fourth-order valence-electron chi connectivity index (χ4n) is 2.83. The molecule has 158 valence electrons. The van der Waals surface area contributed by atoms with Gasteiger partial charge in [0.25, 0.3) is 5.91 Å². The highest BCUT2D eigenvalue weighted by molar-refractivity contribution is 6.42. The zero-order valence-corrected chi connectivity index (χ0v) is 18.3. The molecule has 2 aromatic carbocycles. The van der Waals surface area contributed by atoms with E-state index in [1.54, 1.807) is 47.4 Å². The van der Waals surface area contributed by atoms with Gasteiger partial charge in [-0.1, -0.05) is 59.1 Å². The van der Waals surface area contributed by atoms with Gasteiger partial charge in [0.05, 0.1) is 23.5 Å². The first kappa shape index (κ1) is 21.3. The van der Waals surface area contributed by atoms with Crippen molar-refractivity contribution in [2.45, 2.75) is 13.2 Å². The normalized spacial score (nSPS) is 10.8. The summed E-state index contributed by atoms with van der Waals surface area (Å²) >= 11 is 18.3. The average Bonchev–Trinajstić information content (AvgIpc) is 3.40. The highest BCUT2D eigenvalue weighted by Gasteiger charge is 2.14. The van der Waals surface area contributed by atoms with E-state index in [1.807, 2.05) is 24.3 Å². The second kappa shape index (κ2) is 9.47. The van der Waals surface area contributed by atoms with Crippen molar-refractivity contribution >= 4 is 46.4 Å². The molecule has 0 spiro atoms. The number of amides is 1. The number of furan rings is 1. The Bertz CT molecular complexity index is 1220. The van der Waals surface area contributed by atoms with Crippen molar-refractivity contribution in [3.05, 3.63) is 99.1 Å². The summed E-state index contributed by atoms with van der Waals surface area (Å²) in [6.45, 7) is 0.590. The van der Waals surface area contributed by atoms with Gasteiger partial charge in [0.2, 0.25) is 0 Å². The summed E-state index contributed by atoms with van der Waals surface area (Å²) in [4.78, 5) is 12.5. The van der Waals surface area contributed by atoms with Crippen molar-refractivity contribution in [2.24, 2.45) is 0 Å². The zero-order chi connectivity index (χ0) is 21.8. The molecule has 4 aromatic rings. The molecular weight excluding hydrogens is 461 g/mol. The molecule has 0 aliphatic heterocycles. The number of hydrogen-bond donors (Lipinski definition) is 1.